The molecule has 0 aromatic carbocycles. The molecule has 0 amide bonds. The predicted octanol–water partition coefficient (Wildman–Crippen LogP) is -0.0557. The van der Waals surface area contributed by atoms with Crippen LogP contribution in [-0.4, -0.2) is 32.5 Å². The van der Waals surface area contributed by atoms with Crippen LogP contribution in [0.25, 0.3) is 0 Å². The lowest BCUT2D eigenvalue weighted by molar-refractivity contribution is 0.105. The molecule has 1 N–H and O–H groups in total. The molecule has 48 valence electrons. The molecule has 2 nitrogen and oxygen atoms in total. The zero-order valence-corrected chi connectivity index (χ0v) is 4.69. The normalized spacial score (nSPS) is 31.9. The second kappa shape index (κ2) is 2.99. The fraction of sp³-hybridized carbons (Fsp3) is 1.00. The minimum atomic E-state index is -0.808. The molecule has 1 aliphatic heterocycles. The van der Waals surface area contributed by atoms with Gasteiger partial charge in [-0.3, -0.25) is 0 Å². The van der Waals surface area contributed by atoms with Gasteiger partial charge in [-0.05, 0) is 0 Å². The molecule has 1 unspecified atom stereocenters. The highest BCUT2D eigenvalue weighted by Crippen LogP contribution is 1.92. The van der Waals surface area contributed by atoms with Gasteiger partial charge in [-0.15, -0.1) is 0 Å². The summed E-state index contributed by atoms with van der Waals surface area (Å²) in [4.78, 5) is 0. The van der Waals surface area contributed by atoms with E-state index in [-0.39, 0.29) is 6.61 Å². The summed E-state index contributed by atoms with van der Waals surface area (Å²) in [5.41, 5.74) is 0. The number of hydrogen-bond acceptors (Lipinski definition) is 2. The summed E-state index contributed by atoms with van der Waals surface area (Å²) in [7, 11) is 0. The van der Waals surface area contributed by atoms with Crippen molar-refractivity contribution in [2.75, 3.05) is 26.3 Å². The fourth-order valence-electron chi connectivity index (χ4n) is 0.673. The van der Waals surface area contributed by atoms with Gasteiger partial charge >= 0.3 is 0 Å². The van der Waals surface area contributed by atoms with E-state index < -0.39 is 6.17 Å². The molecule has 1 saturated heterocycles. The van der Waals surface area contributed by atoms with Gasteiger partial charge in [0.1, 0.15) is 6.17 Å². The number of halogens is 1. The van der Waals surface area contributed by atoms with E-state index in [0.717, 1.165) is 6.54 Å². The van der Waals surface area contributed by atoms with Crippen molar-refractivity contribution >= 4 is 0 Å². The van der Waals surface area contributed by atoms with E-state index in [1.807, 2.05) is 0 Å². The van der Waals surface area contributed by atoms with Crippen LogP contribution >= 0.6 is 0 Å². The summed E-state index contributed by atoms with van der Waals surface area (Å²) in [6.07, 6.45) is -0.808. The quantitative estimate of drug-likeness (QED) is 0.482. The third-order valence-electron chi connectivity index (χ3n) is 1.09. The van der Waals surface area contributed by atoms with Crippen LogP contribution < -0.4 is 5.32 Å². The molecule has 1 aliphatic rings. The van der Waals surface area contributed by atoms with Crippen LogP contribution in [0.3, 0.4) is 0 Å². The van der Waals surface area contributed by atoms with Crippen LogP contribution in [-0.2, 0) is 4.74 Å². The molecule has 0 aromatic rings. The van der Waals surface area contributed by atoms with Gasteiger partial charge in [-0.1, -0.05) is 0 Å². The molecule has 0 aromatic heterocycles. The third kappa shape index (κ3) is 1.76. The van der Waals surface area contributed by atoms with Gasteiger partial charge in [0.2, 0.25) is 0 Å². The fourth-order valence-corrected chi connectivity index (χ4v) is 0.673. The van der Waals surface area contributed by atoms with Crippen LogP contribution in [0.2, 0.25) is 0 Å². The average Bonchev–Trinajstić information content (AvgIpc) is 1.94. The lowest BCUT2D eigenvalue weighted by Gasteiger charge is -1.99. The largest absolute Gasteiger partial charge is 0.377 e. The smallest absolute Gasteiger partial charge is 0.136 e. The van der Waals surface area contributed by atoms with Gasteiger partial charge in [0.05, 0.1) is 13.2 Å². The highest BCUT2D eigenvalue weighted by molar-refractivity contribution is 4.61. The maximum atomic E-state index is 12.3. The molecule has 0 aliphatic carbocycles. The highest BCUT2D eigenvalue weighted by Gasteiger charge is 2.08. The number of hydrogen-bond donors (Lipinski definition) is 1. The lowest BCUT2D eigenvalue weighted by atomic mass is 10.4. The summed E-state index contributed by atoms with van der Waals surface area (Å²) < 4.78 is 17.1. The minimum absolute atomic E-state index is 0.257. The van der Waals surface area contributed by atoms with Crippen molar-refractivity contribution in [3.05, 3.63) is 0 Å². The van der Waals surface area contributed by atoms with Crippen LogP contribution in [0.5, 0.6) is 0 Å². The Labute approximate surface area is 48.0 Å². The van der Waals surface area contributed by atoms with Crippen molar-refractivity contribution in [1.29, 1.82) is 0 Å². The Morgan fingerprint density at radius 1 is 1.62 bits per heavy atom. The molecule has 0 radical (unpaired) electrons. The Bertz CT molecular complexity index is 61.4. The number of ether oxygens (including phenoxy) is 1. The predicted molar refractivity (Wildman–Crippen MR) is 28.6 cm³/mol. The summed E-state index contributed by atoms with van der Waals surface area (Å²) in [6.45, 7) is 2.12. The monoisotopic (exact) mass is 119 g/mol. The number of alkyl halides is 1. The van der Waals surface area contributed by atoms with Gasteiger partial charge in [-0.25, -0.2) is 4.39 Å². The van der Waals surface area contributed by atoms with E-state index in [9.17, 15) is 4.39 Å². The Kier molecular flexibility index (Phi) is 2.24. The van der Waals surface area contributed by atoms with Crippen molar-refractivity contribution in [1.82, 2.24) is 5.32 Å². The highest BCUT2D eigenvalue weighted by atomic mass is 19.1. The standard InChI is InChI=1S/C5H10FNO/c6-5-3-7-1-2-8-4-5/h5,7H,1-4H2. The lowest BCUT2D eigenvalue weighted by Crippen LogP contribution is -2.23. The second-order valence-corrected chi connectivity index (χ2v) is 1.88. The van der Waals surface area contributed by atoms with Crippen LogP contribution in [0.1, 0.15) is 0 Å². The third-order valence-corrected chi connectivity index (χ3v) is 1.09. The molecule has 8 heavy (non-hydrogen) atoms. The van der Waals surface area contributed by atoms with Crippen LogP contribution in [0, 0.1) is 0 Å². The van der Waals surface area contributed by atoms with E-state index in [4.69, 9.17) is 4.74 Å². The summed E-state index contributed by atoms with van der Waals surface area (Å²) in [6, 6.07) is 0. The molecule has 1 atom stereocenters. The van der Waals surface area contributed by atoms with Crippen LogP contribution in [0.15, 0.2) is 0 Å². The van der Waals surface area contributed by atoms with Crippen molar-refractivity contribution in [2.24, 2.45) is 0 Å². The summed E-state index contributed by atoms with van der Waals surface area (Å²) in [5, 5.41) is 2.90. The molecule has 1 heterocycles. The Balaban J connectivity index is 2.17. The van der Waals surface area contributed by atoms with Crippen molar-refractivity contribution < 1.29 is 9.13 Å². The van der Waals surface area contributed by atoms with Gasteiger partial charge in [0, 0.05) is 13.1 Å². The molecule has 0 bridgehead atoms. The Hall–Kier alpha value is -0.150. The zero-order chi connectivity index (χ0) is 5.82. The molecule has 1 fully saturated rings. The Morgan fingerprint density at radius 2 is 2.50 bits per heavy atom. The summed E-state index contributed by atoms with van der Waals surface area (Å²) >= 11 is 0. The maximum absolute atomic E-state index is 12.3. The van der Waals surface area contributed by atoms with E-state index >= 15 is 0 Å². The molecule has 3 heteroatoms. The molecular weight excluding hydrogens is 109 g/mol. The second-order valence-electron chi connectivity index (χ2n) is 1.88. The molecule has 0 saturated carbocycles. The summed E-state index contributed by atoms with van der Waals surface area (Å²) in [5.74, 6) is 0. The van der Waals surface area contributed by atoms with Crippen molar-refractivity contribution in [3.63, 3.8) is 0 Å². The first kappa shape index (κ1) is 5.98. The van der Waals surface area contributed by atoms with Crippen LogP contribution in [0.4, 0.5) is 4.39 Å². The van der Waals surface area contributed by atoms with Crippen molar-refractivity contribution in [2.45, 2.75) is 6.17 Å². The topological polar surface area (TPSA) is 21.3 Å². The zero-order valence-electron chi connectivity index (χ0n) is 4.69. The van der Waals surface area contributed by atoms with Gasteiger partial charge in [0.25, 0.3) is 0 Å². The maximum Gasteiger partial charge on any atom is 0.136 e. The van der Waals surface area contributed by atoms with Gasteiger partial charge < -0.3 is 10.1 Å². The van der Waals surface area contributed by atoms with Gasteiger partial charge in [-0.2, -0.15) is 0 Å². The first-order valence-electron chi connectivity index (χ1n) is 2.82. The first-order chi connectivity index (χ1) is 3.89. The van der Waals surface area contributed by atoms with E-state index in [1.165, 1.54) is 0 Å². The minimum Gasteiger partial charge on any atom is -0.377 e. The van der Waals surface area contributed by atoms with Gasteiger partial charge in [0.15, 0.2) is 0 Å². The molecule has 1 rings (SSSR count). The van der Waals surface area contributed by atoms with E-state index in [0.29, 0.717) is 13.2 Å². The van der Waals surface area contributed by atoms with E-state index in [1.54, 1.807) is 0 Å². The number of rotatable bonds is 0. The molecule has 0 spiro atoms. The van der Waals surface area contributed by atoms with Crippen molar-refractivity contribution in [3.8, 4) is 0 Å². The number of nitrogens with one attached hydrogen (secondary N) is 1. The molecular formula is C5H10FNO. The first-order valence-corrected chi connectivity index (χ1v) is 2.82. The SMILES string of the molecule is FC1CNCCOC1. The average molecular weight is 119 g/mol. The Morgan fingerprint density at radius 3 is 3.38 bits per heavy atom. The van der Waals surface area contributed by atoms with E-state index in [2.05, 4.69) is 5.32 Å².